The number of nitrogens with one attached hydrogen (secondary N) is 3. The van der Waals surface area contributed by atoms with Gasteiger partial charge in [0.1, 0.15) is 6.04 Å². The SMILES string of the molecule is O=C1CCC(N2Cc3cc(CNC4CCC5(CC4)CNC5)ccc3C2=O)C(=O)N1. The molecule has 5 rings (SSSR count). The van der Waals surface area contributed by atoms with Gasteiger partial charge in [0.2, 0.25) is 11.8 Å². The quantitative estimate of drug-likeness (QED) is 0.663. The largest absolute Gasteiger partial charge is 0.322 e. The van der Waals surface area contributed by atoms with Gasteiger partial charge in [0, 0.05) is 44.2 Å². The molecule has 1 unspecified atom stereocenters. The first-order valence-corrected chi connectivity index (χ1v) is 10.7. The number of imide groups is 1. The van der Waals surface area contributed by atoms with Crippen molar-refractivity contribution in [3.05, 3.63) is 34.9 Å². The lowest BCUT2D eigenvalue weighted by Gasteiger charge is -2.47. The van der Waals surface area contributed by atoms with Gasteiger partial charge in [0.15, 0.2) is 0 Å². The van der Waals surface area contributed by atoms with Crippen molar-refractivity contribution in [2.45, 2.75) is 63.7 Å². The average molecular weight is 396 g/mol. The number of benzene rings is 1. The zero-order valence-electron chi connectivity index (χ0n) is 16.6. The zero-order chi connectivity index (χ0) is 20.0. The van der Waals surface area contributed by atoms with Gasteiger partial charge in [-0.25, -0.2) is 0 Å². The van der Waals surface area contributed by atoms with Gasteiger partial charge in [0.25, 0.3) is 5.91 Å². The number of carbonyl (C=O) groups is 3. The van der Waals surface area contributed by atoms with Crippen molar-refractivity contribution in [3.8, 4) is 0 Å². The van der Waals surface area contributed by atoms with Crippen LogP contribution in [0.4, 0.5) is 0 Å². The summed E-state index contributed by atoms with van der Waals surface area (Å²) in [7, 11) is 0. The number of hydrogen-bond acceptors (Lipinski definition) is 5. The summed E-state index contributed by atoms with van der Waals surface area (Å²) in [6, 6.07) is 6.00. The van der Waals surface area contributed by atoms with Crippen molar-refractivity contribution in [2.24, 2.45) is 5.41 Å². The highest BCUT2D eigenvalue weighted by molar-refractivity contribution is 6.05. The van der Waals surface area contributed by atoms with Gasteiger partial charge in [-0.1, -0.05) is 12.1 Å². The monoisotopic (exact) mass is 396 g/mol. The molecule has 154 valence electrons. The van der Waals surface area contributed by atoms with Crippen LogP contribution in [0.5, 0.6) is 0 Å². The molecular formula is C22H28N4O3. The Morgan fingerprint density at radius 3 is 2.59 bits per heavy atom. The van der Waals surface area contributed by atoms with Crippen LogP contribution in [0.3, 0.4) is 0 Å². The molecule has 1 atom stereocenters. The summed E-state index contributed by atoms with van der Waals surface area (Å²) >= 11 is 0. The first-order valence-electron chi connectivity index (χ1n) is 10.7. The van der Waals surface area contributed by atoms with Crippen molar-refractivity contribution in [1.82, 2.24) is 20.9 Å². The second-order valence-corrected chi connectivity index (χ2v) is 9.15. The smallest absolute Gasteiger partial charge is 0.255 e. The topological polar surface area (TPSA) is 90.5 Å². The summed E-state index contributed by atoms with van der Waals surface area (Å²) in [5.74, 6) is -0.729. The fourth-order valence-corrected chi connectivity index (χ4v) is 5.27. The molecule has 7 nitrogen and oxygen atoms in total. The van der Waals surface area contributed by atoms with Gasteiger partial charge in [-0.2, -0.15) is 0 Å². The molecule has 1 saturated carbocycles. The number of amides is 3. The molecular weight excluding hydrogens is 368 g/mol. The zero-order valence-corrected chi connectivity index (χ0v) is 16.6. The van der Waals surface area contributed by atoms with Crippen molar-refractivity contribution in [3.63, 3.8) is 0 Å². The Hall–Kier alpha value is -2.25. The third-order valence-electron chi connectivity index (χ3n) is 7.23. The van der Waals surface area contributed by atoms with Crippen molar-refractivity contribution in [2.75, 3.05) is 13.1 Å². The van der Waals surface area contributed by atoms with E-state index in [4.69, 9.17) is 0 Å². The molecule has 1 aromatic rings. The number of carbonyl (C=O) groups excluding carboxylic acids is 3. The van der Waals surface area contributed by atoms with E-state index in [-0.39, 0.29) is 24.1 Å². The third kappa shape index (κ3) is 3.46. The normalized spacial score (nSPS) is 26.4. The average Bonchev–Trinajstić information content (AvgIpc) is 3.01. The van der Waals surface area contributed by atoms with Crippen molar-refractivity contribution >= 4 is 17.7 Å². The van der Waals surface area contributed by atoms with Crippen molar-refractivity contribution in [1.29, 1.82) is 0 Å². The molecule has 0 aromatic heterocycles. The Kier molecular flexibility index (Phi) is 4.67. The van der Waals surface area contributed by atoms with Gasteiger partial charge < -0.3 is 15.5 Å². The number of nitrogens with zero attached hydrogens (tertiary/aromatic N) is 1. The Bertz CT molecular complexity index is 854. The summed E-state index contributed by atoms with van der Waals surface area (Å²) in [5, 5.41) is 9.45. The highest BCUT2D eigenvalue weighted by Crippen LogP contribution is 2.39. The van der Waals surface area contributed by atoms with Crippen LogP contribution >= 0.6 is 0 Å². The second kappa shape index (κ2) is 7.22. The molecule has 3 aliphatic heterocycles. The lowest BCUT2D eigenvalue weighted by atomic mass is 9.68. The number of hydrogen-bond donors (Lipinski definition) is 3. The minimum absolute atomic E-state index is 0.110. The lowest BCUT2D eigenvalue weighted by Crippen LogP contribution is -2.56. The predicted molar refractivity (Wildman–Crippen MR) is 107 cm³/mol. The van der Waals surface area contributed by atoms with Crippen LogP contribution in [-0.4, -0.2) is 47.8 Å². The van der Waals surface area contributed by atoms with E-state index in [9.17, 15) is 14.4 Å². The van der Waals surface area contributed by atoms with Crippen molar-refractivity contribution < 1.29 is 14.4 Å². The van der Waals surface area contributed by atoms with E-state index in [1.807, 2.05) is 12.1 Å². The fraction of sp³-hybridized carbons (Fsp3) is 0.591. The van der Waals surface area contributed by atoms with Gasteiger partial charge in [-0.15, -0.1) is 0 Å². The molecule has 4 aliphatic rings. The first-order chi connectivity index (χ1) is 14.0. The molecule has 7 heteroatoms. The van der Waals surface area contributed by atoms with E-state index in [1.165, 1.54) is 44.3 Å². The highest BCUT2D eigenvalue weighted by Gasteiger charge is 2.40. The second-order valence-electron chi connectivity index (χ2n) is 9.15. The third-order valence-corrected chi connectivity index (χ3v) is 7.23. The number of fused-ring (bicyclic) bond motifs is 1. The molecule has 2 saturated heterocycles. The molecule has 29 heavy (non-hydrogen) atoms. The number of rotatable bonds is 4. The fourth-order valence-electron chi connectivity index (χ4n) is 5.27. The Labute approximate surface area is 170 Å². The predicted octanol–water partition coefficient (Wildman–Crippen LogP) is 1.07. The molecule has 1 aliphatic carbocycles. The summed E-state index contributed by atoms with van der Waals surface area (Å²) in [5.41, 5.74) is 3.40. The maximum absolute atomic E-state index is 12.8. The van der Waals surface area contributed by atoms with E-state index < -0.39 is 6.04 Å². The molecule has 1 spiro atoms. The van der Waals surface area contributed by atoms with Gasteiger partial charge >= 0.3 is 0 Å². The minimum Gasteiger partial charge on any atom is -0.322 e. The van der Waals surface area contributed by atoms with Crippen LogP contribution in [-0.2, 0) is 22.7 Å². The van der Waals surface area contributed by atoms with Gasteiger partial charge in [-0.3, -0.25) is 19.7 Å². The van der Waals surface area contributed by atoms with E-state index in [2.05, 4.69) is 22.0 Å². The van der Waals surface area contributed by atoms with Crippen LogP contribution in [0.2, 0.25) is 0 Å². The van der Waals surface area contributed by atoms with Gasteiger partial charge in [0.05, 0.1) is 0 Å². The van der Waals surface area contributed by atoms with E-state index in [0.717, 1.165) is 12.1 Å². The Morgan fingerprint density at radius 1 is 1.10 bits per heavy atom. The van der Waals surface area contributed by atoms with Crippen LogP contribution in [0.1, 0.15) is 60.0 Å². The number of piperidine rings is 1. The minimum atomic E-state index is -0.551. The van der Waals surface area contributed by atoms with E-state index in [1.54, 1.807) is 4.90 Å². The molecule has 3 N–H and O–H groups in total. The summed E-state index contributed by atoms with van der Waals surface area (Å²) in [4.78, 5) is 37.9. The Morgan fingerprint density at radius 2 is 1.90 bits per heavy atom. The standard InChI is InChI=1S/C22H28N4O3/c27-19-4-3-18(20(28)25-19)26-11-15-9-14(1-2-17(15)21(26)29)10-24-16-5-7-22(8-6-16)12-23-13-22/h1-2,9,16,18,23-24H,3-8,10-13H2,(H,25,27,28). The molecule has 3 fully saturated rings. The Balaban J connectivity index is 1.20. The van der Waals surface area contributed by atoms with Crippen LogP contribution < -0.4 is 16.0 Å². The summed E-state index contributed by atoms with van der Waals surface area (Å²) < 4.78 is 0. The van der Waals surface area contributed by atoms with E-state index in [0.29, 0.717) is 30.0 Å². The summed E-state index contributed by atoms with van der Waals surface area (Å²) in [6.07, 6.45) is 5.75. The molecule has 3 heterocycles. The maximum Gasteiger partial charge on any atom is 0.255 e. The summed E-state index contributed by atoms with van der Waals surface area (Å²) in [6.45, 7) is 3.60. The van der Waals surface area contributed by atoms with Gasteiger partial charge in [-0.05, 0) is 54.7 Å². The van der Waals surface area contributed by atoms with Crippen LogP contribution in [0, 0.1) is 5.41 Å². The van der Waals surface area contributed by atoms with Crippen LogP contribution in [0.15, 0.2) is 18.2 Å². The molecule has 0 bridgehead atoms. The molecule has 1 aromatic carbocycles. The lowest BCUT2D eigenvalue weighted by molar-refractivity contribution is -0.136. The van der Waals surface area contributed by atoms with Crippen LogP contribution in [0.25, 0.3) is 0 Å². The maximum atomic E-state index is 12.8. The highest BCUT2D eigenvalue weighted by atomic mass is 16.2. The van der Waals surface area contributed by atoms with E-state index >= 15 is 0 Å². The molecule has 3 amide bonds. The first kappa shape index (κ1) is 18.8. The molecule has 0 radical (unpaired) electrons.